The maximum absolute atomic E-state index is 10.6. The minimum absolute atomic E-state index is 0.424. The zero-order valence-corrected chi connectivity index (χ0v) is 9.42. The fourth-order valence-electron chi connectivity index (χ4n) is 1.88. The molecule has 1 rings (SSSR count). The van der Waals surface area contributed by atoms with Crippen LogP contribution in [0.2, 0.25) is 0 Å². The Hall–Kier alpha value is -1.32. The summed E-state index contributed by atoms with van der Waals surface area (Å²) in [5.74, 6) is 0.919. The molecule has 0 saturated heterocycles. The molecule has 0 heterocycles. The Labute approximate surface area is 90.6 Å². The normalized spacial score (nSPS) is 28.8. The maximum Gasteiger partial charge on any atom is 0.332 e. The van der Waals surface area contributed by atoms with Gasteiger partial charge >= 0.3 is 6.03 Å². The molecule has 2 atom stereocenters. The number of hydrogen-bond acceptors (Lipinski definition) is 2. The van der Waals surface area contributed by atoms with Gasteiger partial charge in [-0.3, -0.25) is 0 Å². The number of rotatable bonds is 2. The van der Waals surface area contributed by atoms with Gasteiger partial charge in [-0.2, -0.15) is 5.10 Å². The molecule has 0 aliphatic heterocycles. The molecular weight excluding hydrogens is 190 g/mol. The van der Waals surface area contributed by atoms with Gasteiger partial charge in [0.05, 0.1) is 0 Å². The van der Waals surface area contributed by atoms with Gasteiger partial charge in [0, 0.05) is 5.71 Å². The van der Waals surface area contributed by atoms with Crippen LogP contribution in [0.1, 0.15) is 33.1 Å². The first-order valence-electron chi connectivity index (χ1n) is 5.28. The molecule has 4 nitrogen and oxygen atoms in total. The number of hydrogen-bond donors (Lipinski definition) is 2. The second-order valence-electron chi connectivity index (χ2n) is 4.30. The molecule has 2 unspecified atom stereocenters. The molecule has 84 valence electrons. The van der Waals surface area contributed by atoms with Crippen molar-refractivity contribution in [1.82, 2.24) is 5.43 Å². The third kappa shape index (κ3) is 3.38. The largest absolute Gasteiger partial charge is 0.350 e. The van der Waals surface area contributed by atoms with Crippen LogP contribution in [0.15, 0.2) is 17.3 Å². The lowest BCUT2D eigenvalue weighted by atomic mass is 9.79. The summed E-state index contributed by atoms with van der Waals surface area (Å²) in [6.45, 7) is 8.13. The SMILES string of the molecule is C=C(C)C1CCC(C)/C(=N/NC(N)=O)C1. The highest BCUT2D eigenvalue weighted by atomic mass is 16.2. The van der Waals surface area contributed by atoms with Gasteiger partial charge in [-0.1, -0.05) is 19.1 Å². The van der Waals surface area contributed by atoms with Gasteiger partial charge in [-0.15, -0.1) is 0 Å². The van der Waals surface area contributed by atoms with E-state index in [0.717, 1.165) is 25.0 Å². The van der Waals surface area contributed by atoms with Gasteiger partial charge in [0.15, 0.2) is 0 Å². The van der Waals surface area contributed by atoms with E-state index in [0.29, 0.717) is 11.8 Å². The Kier molecular flexibility index (Phi) is 3.88. The Balaban J connectivity index is 2.64. The highest BCUT2D eigenvalue weighted by Crippen LogP contribution is 2.30. The van der Waals surface area contributed by atoms with Crippen molar-refractivity contribution >= 4 is 11.7 Å². The Morgan fingerprint density at radius 2 is 2.27 bits per heavy atom. The summed E-state index contributed by atoms with van der Waals surface area (Å²) in [6, 6.07) is -0.604. The molecule has 0 aromatic rings. The van der Waals surface area contributed by atoms with Gasteiger partial charge in [0.2, 0.25) is 0 Å². The lowest BCUT2D eigenvalue weighted by Gasteiger charge is -2.28. The predicted octanol–water partition coefficient (Wildman–Crippen LogP) is 2.02. The van der Waals surface area contributed by atoms with Gasteiger partial charge in [0.1, 0.15) is 0 Å². The molecule has 1 fully saturated rings. The fourth-order valence-corrected chi connectivity index (χ4v) is 1.88. The van der Waals surface area contributed by atoms with E-state index >= 15 is 0 Å². The summed E-state index contributed by atoms with van der Waals surface area (Å²) >= 11 is 0. The molecule has 0 bridgehead atoms. The molecule has 3 N–H and O–H groups in total. The van der Waals surface area contributed by atoms with Crippen molar-refractivity contribution < 1.29 is 4.79 Å². The number of primary amides is 1. The summed E-state index contributed by atoms with van der Waals surface area (Å²) in [5, 5.41) is 4.05. The van der Waals surface area contributed by atoms with E-state index in [-0.39, 0.29) is 0 Å². The molecule has 0 aromatic heterocycles. The topological polar surface area (TPSA) is 67.5 Å². The Bertz CT molecular complexity index is 296. The maximum atomic E-state index is 10.6. The molecule has 1 saturated carbocycles. The van der Waals surface area contributed by atoms with E-state index in [1.54, 1.807) is 0 Å². The summed E-state index contributed by atoms with van der Waals surface area (Å²) in [4.78, 5) is 10.6. The first-order chi connectivity index (χ1) is 7.00. The predicted molar refractivity (Wildman–Crippen MR) is 61.5 cm³/mol. The number of allylic oxidation sites excluding steroid dienone is 1. The average Bonchev–Trinajstić information content (AvgIpc) is 2.16. The number of nitrogens with one attached hydrogen (secondary N) is 1. The molecule has 2 amide bonds. The van der Waals surface area contributed by atoms with Crippen LogP contribution >= 0.6 is 0 Å². The number of amides is 2. The van der Waals surface area contributed by atoms with E-state index in [9.17, 15) is 4.79 Å². The summed E-state index contributed by atoms with van der Waals surface area (Å²) in [5.41, 5.74) is 9.49. The van der Waals surface area contributed by atoms with Gasteiger partial charge < -0.3 is 5.73 Å². The van der Waals surface area contributed by atoms with Crippen molar-refractivity contribution in [3.63, 3.8) is 0 Å². The molecule has 0 radical (unpaired) electrons. The van der Waals surface area contributed by atoms with Gasteiger partial charge in [-0.05, 0) is 38.0 Å². The number of hydrazone groups is 1. The van der Waals surface area contributed by atoms with Crippen molar-refractivity contribution in [3.05, 3.63) is 12.2 Å². The number of urea groups is 1. The standard InChI is InChI=1S/C11H19N3O/c1-7(2)9-5-4-8(3)10(6-9)13-14-11(12)15/h8-9H,1,4-6H2,2-3H3,(H3,12,14,15)/b13-10+. The van der Waals surface area contributed by atoms with Crippen molar-refractivity contribution in [2.45, 2.75) is 33.1 Å². The van der Waals surface area contributed by atoms with Crippen LogP contribution in [-0.4, -0.2) is 11.7 Å². The van der Waals surface area contributed by atoms with E-state index < -0.39 is 6.03 Å². The third-order valence-electron chi connectivity index (χ3n) is 2.98. The van der Waals surface area contributed by atoms with Crippen molar-refractivity contribution in [2.24, 2.45) is 22.7 Å². The van der Waals surface area contributed by atoms with E-state index in [1.807, 2.05) is 6.92 Å². The highest BCUT2D eigenvalue weighted by molar-refractivity contribution is 5.88. The number of carbonyl (C=O) groups is 1. The van der Waals surface area contributed by atoms with Gasteiger partial charge in [0.25, 0.3) is 0 Å². The smallest absolute Gasteiger partial charge is 0.332 e. The minimum atomic E-state index is -0.604. The molecule has 15 heavy (non-hydrogen) atoms. The van der Waals surface area contributed by atoms with E-state index in [1.165, 1.54) is 5.57 Å². The van der Waals surface area contributed by atoms with Gasteiger partial charge in [-0.25, -0.2) is 10.2 Å². The van der Waals surface area contributed by atoms with Crippen LogP contribution in [0, 0.1) is 11.8 Å². The van der Waals surface area contributed by atoms with Crippen LogP contribution in [0.5, 0.6) is 0 Å². The Morgan fingerprint density at radius 3 is 2.80 bits per heavy atom. The second kappa shape index (κ2) is 4.96. The van der Waals surface area contributed by atoms with Crippen LogP contribution < -0.4 is 11.2 Å². The molecule has 1 aliphatic rings. The number of carbonyl (C=O) groups excluding carboxylic acids is 1. The van der Waals surface area contributed by atoms with E-state index in [2.05, 4.69) is 24.0 Å². The first-order valence-corrected chi connectivity index (χ1v) is 5.28. The number of nitrogens with zero attached hydrogens (tertiary/aromatic N) is 1. The monoisotopic (exact) mass is 209 g/mol. The number of nitrogens with two attached hydrogens (primary N) is 1. The molecule has 1 aliphatic carbocycles. The molecule has 0 aromatic carbocycles. The zero-order chi connectivity index (χ0) is 11.4. The van der Waals surface area contributed by atoms with E-state index in [4.69, 9.17) is 5.73 Å². The average molecular weight is 209 g/mol. The fraction of sp³-hybridized carbons (Fsp3) is 0.636. The lowest BCUT2D eigenvalue weighted by molar-refractivity contribution is 0.249. The van der Waals surface area contributed by atoms with Crippen LogP contribution in [-0.2, 0) is 0 Å². The third-order valence-corrected chi connectivity index (χ3v) is 2.98. The zero-order valence-electron chi connectivity index (χ0n) is 9.42. The molecule has 0 spiro atoms. The Morgan fingerprint density at radius 1 is 1.60 bits per heavy atom. The van der Waals surface area contributed by atoms with Crippen LogP contribution in [0.25, 0.3) is 0 Å². The molecule has 4 heteroatoms. The van der Waals surface area contributed by atoms with Crippen LogP contribution in [0.4, 0.5) is 4.79 Å². The van der Waals surface area contributed by atoms with Crippen molar-refractivity contribution in [2.75, 3.05) is 0 Å². The van der Waals surface area contributed by atoms with Crippen LogP contribution in [0.3, 0.4) is 0 Å². The van der Waals surface area contributed by atoms with Crippen molar-refractivity contribution in [1.29, 1.82) is 0 Å². The quantitative estimate of drug-likeness (QED) is 0.530. The second-order valence-corrected chi connectivity index (χ2v) is 4.30. The minimum Gasteiger partial charge on any atom is -0.350 e. The summed E-state index contributed by atoms with van der Waals surface area (Å²) < 4.78 is 0. The first kappa shape index (κ1) is 11.8. The summed E-state index contributed by atoms with van der Waals surface area (Å²) in [6.07, 6.45) is 3.14. The highest BCUT2D eigenvalue weighted by Gasteiger charge is 2.24. The summed E-state index contributed by atoms with van der Waals surface area (Å²) in [7, 11) is 0. The van der Waals surface area contributed by atoms with Crippen molar-refractivity contribution in [3.8, 4) is 0 Å². The molecular formula is C11H19N3O. The lowest BCUT2D eigenvalue weighted by Crippen LogP contribution is -2.30.